The minimum atomic E-state index is 0.310. The van der Waals surface area contributed by atoms with Gasteiger partial charge in [-0.2, -0.15) is 4.98 Å². The third-order valence-corrected chi connectivity index (χ3v) is 3.30. The maximum atomic E-state index is 5.83. The Morgan fingerprint density at radius 1 is 1.29 bits per heavy atom. The van der Waals surface area contributed by atoms with Gasteiger partial charge in [0.05, 0.1) is 12.3 Å². The van der Waals surface area contributed by atoms with Crippen LogP contribution in [0, 0.1) is 0 Å². The SMILES string of the molecule is CCCOc1ccnc(Oc2cccc3c2NCCC3)n1. The van der Waals surface area contributed by atoms with Crippen LogP contribution < -0.4 is 14.8 Å². The quantitative estimate of drug-likeness (QED) is 0.912. The van der Waals surface area contributed by atoms with Crippen molar-refractivity contribution >= 4 is 5.69 Å². The molecule has 0 radical (unpaired) electrons. The van der Waals surface area contributed by atoms with Gasteiger partial charge in [-0.05, 0) is 30.9 Å². The first-order valence-corrected chi connectivity index (χ1v) is 7.36. The van der Waals surface area contributed by atoms with Crippen molar-refractivity contribution in [3.05, 3.63) is 36.0 Å². The zero-order chi connectivity index (χ0) is 14.5. The van der Waals surface area contributed by atoms with E-state index in [9.17, 15) is 0 Å². The molecule has 0 bridgehead atoms. The third-order valence-electron chi connectivity index (χ3n) is 3.30. The maximum absolute atomic E-state index is 5.83. The largest absolute Gasteiger partial charge is 0.478 e. The molecule has 21 heavy (non-hydrogen) atoms. The topological polar surface area (TPSA) is 56.3 Å². The molecule has 0 saturated heterocycles. The van der Waals surface area contributed by atoms with Gasteiger partial charge < -0.3 is 14.8 Å². The number of hydrogen-bond donors (Lipinski definition) is 1. The Labute approximate surface area is 124 Å². The van der Waals surface area contributed by atoms with Gasteiger partial charge in [0, 0.05) is 18.8 Å². The van der Waals surface area contributed by atoms with Gasteiger partial charge in [-0.1, -0.05) is 19.1 Å². The van der Waals surface area contributed by atoms with E-state index in [-0.39, 0.29) is 0 Å². The van der Waals surface area contributed by atoms with Crippen LogP contribution in [-0.2, 0) is 6.42 Å². The number of hydrogen-bond acceptors (Lipinski definition) is 5. The second kappa shape index (κ2) is 6.43. The lowest BCUT2D eigenvalue weighted by Gasteiger charge is -2.20. The molecule has 0 amide bonds. The first kappa shape index (κ1) is 13.7. The normalized spacial score (nSPS) is 13.2. The summed E-state index contributed by atoms with van der Waals surface area (Å²) in [5.74, 6) is 1.31. The van der Waals surface area contributed by atoms with E-state index in [1.165, 1.54) is 5.56 Å². The molecule has 0 unspecified atom stereocenters. The minimum absolute atomic E-state index is 0.310. The second-order valence-electron chi connectivity index (χ2n) is 4.95. The van der Waals surface area contributed by atoms with Crippen molar-refractivity contribution in [1.82, 2.24) is 9.97 Å². The minimum Gasteiger partial charge on any atom is -0.478 e. The predicted molar refractivity (Wildman–Crippen MR) is 81.1 cm³/mol. The van der Waals surface area contributed by atoms with Gasteiger partial charge in [0.2, 0.25) is 5.88 Å². The molecule has 0 fully saturated rings. The molecular weight excluding hydrogens is 266 g/mol. The molecule has 2 aromatic rings. The summed E-state index contributed by atoms with van der Waals surface area (Å²) < 4.78 is 11.3. The molecule has 5 nitrogen and oxygen atoms in total. The lowest BCUT2D eigenvalue weighted by Crippen LogP contribution is -2.12. The highest BCUT2D eigenvalue weighted by atomic mass is 16.5. The van der Waals surface area contributed by atoms with Crippen LogP contribution in [0.25, 0.3) is 0 Å². The summed E-state index contributed by atoms with van der Waals surface area (Å²) in [5, 5.41) is 3.39. The summed E-state index contributed by atoms with van der Waals surface area (Å²) in [6.45, 7) is 3.66. The summed E-state index contributed by atoms with van der Waals surface area (Å²) >= 11 is 0. The van der Waals surface area contributed by atoms with E-state index in [2.05, 4.69) is 28.3 Å². The standard InChI is InChI=1S/C16H19N3O2/c1-2-11-20-14-8-10-18-16(19-14)21-13-7-3-5-12-6-4-9-17-15(12)13/h3,5,7-8,10,17H,2,4,6,9,11H2,1H3. The van der Waals surface area contributed by atoms with Crippen LogP contribution in [0.1, 0.15) is 25.3 Å². The second-order valence-corrected chi connectivity index (χ2v) is 4.95. The Morgan fingerprint density at radius 2 is 2.24 bits per heavy atom. The van der Waals surface area contributed by atoms with E-state index >= 15 is 0 Å². The fourth-order valence-electron chi connectivity index (χ4n) is 2.32. The molecule has 0 saturated carbocycles. The number of para-hydroxylation sites is 1. The Bertz CT molecular complexity index is 616. The van der Waals surface area contributed by atoms with Gasteiger partial charge in [0.1, 0.15) is 0 Å². The Balaban J connectivity index is 1.80. The summed E-state index contributed by atoms with van der Waals surface area (Å²) in [4.78, 5) is 8.42. The zero-order valence-electron chi connectivity index (χ0n) is 12.1. The molecule has 3 rings (SSSR count). The lowest BCUT2D eigenvalue weighted by molar-refractivity contribution is 0.298. The van der Waals surface area contributed by atoms with E-state index in [0.717, 1.165) is 37.2 Å². The predicted octanol–water partition coefficient (Wildman–Crippen LogP) is 3.42. The molecule has 5 heteroatoms. The van der Waals surface area contributed by atoms with Crippen LogP contribution >= 0.6 is 0 Å². The van der Waals surface area contributed by atoms with Crippen molar-refractivity contribution in [2.24, 2.45) is 0 Å². The van der Waals surface area contributed by atoms with Crippen molar-refractivity contribution in [3.8, 4) is 17.6 Å². The van der Waals surface area contributed by atoms with Gasteiger partial charge in [0.15, 0.2) is 5.75 Å². The molecule has 1 aliphatic heterocycles. The van der Waals surface area contributed by atoms with Crippen molar-refractivity contribution < 1.29 is 9.47 Å². The Kier molecular flexibility index (Phi) is 4.19. The first-order chi connectivity index (χ1) is 10.4. The van der Waals surface area contributed by atoms with Crippen molar-refractivity contribution in [3.63, 3.8) is 0 Å². The zero-order valence-corrected chi connectivity index (χ0v) is 12.1. The van der Waals surface area contributed by atoms with E-state index in [1.54, 1.807) is 12.3 Å². The molecule has 1 aliphatic rings. The Morgan fingerprint density at radius 3 is 3.14 bits per heavy atom. The van der Waals surface area contributed by atoms with E-state index in [4.69, 9.17) is 9.47 Å². The van der Waals surface area contributed by atoms with Crippen LogP contribution in [0.2, 0.25) is 0 Å². The highest BCUT2D eigenvalue weighted by Gasteiger charge is 2.14. The molecule has 2 heterocycles. The molecule has 0 atom stereocenters. The number of benzene rings is 1. The van der Waals surface area contributed by atoms with Crippen molar-refractivity contribution in [2.45, 2.75) is 26.2 Å². The summed E-state index contributed by atoms with van der Waals surface area (Å²) in [5.41, 5.74) is 2.32. The van der Waals surface area contributed by atoms with Gasteiger partial charge in [0.25, 0.3) is 0 Å². The van der Waals surface area contributed by atoms with Crippen LogP contribution in [-0.4, -0.2) is 23.1 Å². The van der Waals surface area contributed by atoms with Crippen molar-refractivity contribution in [1.29, 1.82) is 0 Å². The highest BCUT2D eigenvalue weighted by Crippen LogP contribution is 2.34. The average Bonchev–Trinajstić information content (AvgIpc) is 2.54. The van der Waals surface area contributed by atoms with Crippen molar-refractivity contribution in [2.75, 3.05) is 18.5 Å². The van der Waals surface area contributed by atoms with Crippen LogP contribution in [0.5, 0.6) is 17.6 Å². The summed E-state index contributed by atoms with van der Waals surface area (Å²) in [7, 11) is 0. The molecule has 1 aromatic carbocycles. The fourth-order valence-corrected chi connectivity index (χ4v) is 2.32. The maximum Gasteiger partial charge on any atom is 0.325 e. The van der Waals surface area contributed by atoms with E-state index in [1.807, 2.05) is 12.1 Å². The van der Waals surface area contributed by atoms with Gasteiger partial charge in [-0.15, -0.1) is 0 Å². The fraction of sp³-hybridized carbons (Fsp3) is 0.375. The number of rotatable bonds is 5. The highest BCUT2D eigenvalue weighted by molar-refractivity contribution is 5.63. The van der Waals surface area contributed by atoms with Crippen LogP contribution in [0.3, 0.4) is 0 Å². The van der Waals surface area contributed by atoms with Crippen LogP contribution in [0.15, 0.2) is 30.5 Å². The number of ether oxygens (including phenoxy) is 2. The number of fused-ring (bicyclic) bond motifs is 1. The summed E-state index contributed by atoms with van der Waals surface area (Å²) in [6.07, 6.45) is 4.81. The number of aryl methyl sites for hydroxylation is 1. The monoisotopic (exact) mass is 285 g/mol. The molecule has 110 valence electrons. The first-order valence-electron chi connectivity index (χ1n) is 7.36. The lowest BCUT2D eigenvalue weighted by atomic mass is 10.0. The van der Waals surface area contributed by atoms with Crippen LogP contribution in [0.4, 0.5) is 5.69 Å². The smallest absolute Gasteiger partial charge is 0.325 e. The molecular formula is C16H19N3O2. The van der Waals surface area contributed by atoms with Gasteiger partial charge in [-0.3, -0.25) is 0 Å². The molecule has 0 aliphatic carbocycles. The average molecular weight is 285 g/mol. The number of aromatic nitrogens is 2. The molecule has 0 spiro atoms. The van der Waals surface area contributed by atoms with Gasteiger partial charge in [-0.25, -0.2) is 4.98 Å². The van der Waals surface area contributed by atoms with E-state index < -0.39 is 0 Å². The molecule has 1 N–H and O–H groups in total. The number of anilines is 1. The Hall–Kier alpha value is -2.30. The number of nitrogens with one attached hydrogen (secondary N) is 1. The third kappa shape index (κ3) is 3.24. The van der Waals surface area contributed by atoms with Gasteiger partial charge >= 0.3 is 6.01 Å². The number of nitrogens with zero attached hydrogens (tertiary/aromatic N) is 2. The summed E-state index contributed by atoms with van der Waals surface area (Å²) in [6, 6.07) is 8.10. The van der Waals surface area contributed by atoms with E-state index in [0.29, 0.717) is 18.5 Å². The molecule has 1 aromatic heterocycles.